The number of nitrogens with one attached hydrogen (secondary N) is 3. The van der Waals surface area contributed by atoms with E-state index in [0.717, 1.165) is 81.9 Å². The van der Waals surface area contributed by atoms with Crippen molar-refractivity contribution in [2.24, 2.45) is 17.0 Å². The third-order valence-corrected chi connectivity index (χ3v) is 13.6. The van der Waals surface area contributed by atoms with Gasteiger partial charge in [0.1, 0.15) is 29.8 Å². The van der Waals surface area contributed by atoms with Gasteiger partial charge in [-0.1, -0.05) is 73.3 Å². The number of oxime groups is 1. The highest BCUT2D eigenvalue weighted by atomic mass is 32.2. The summed E-state index contributed by atoms with van der Waals surface area (Å²) in [4.78, 5) is 63.3. The minimum absolute atomic E-state index is 0.0433. The Balaban J connectivity index is 1.15. The Hall–Kier alpha value is -3.94. The van der Waals surface area contributed by atoms with Gasteiger partial charge < -0.3 is 25.1 Å². The Morgan fingerprint density at radius 2 is 1.60 bits per heavy atom. The molecule has 0 unspecified atom stereocenters. The highest BCUT2D eigenvalue weighted by Crippen LogP contribution is 2.46. The summed E-state index contributed by atoms with van der Waals surface area (Å²) >= 11 is 0. The Morgan fingerprint density at radius 3 is 2.34 bits per heavy atom. The Morgan fingerprint density at radius 1 is 0.887 bits per heavy atom. The molecule has 2 aliphatic heterocycles. The molecule has 4 amide bonds. The molecule has 1 aromatic carbocycles. The smallest absolute Gasteiger partial charge is 0.408 e. The zero-order valence-corrected chi connectivity index (χ0v) is 31.2. The Labute approximate surface area is 312 Å². The Kier molecular flexibility index (Phi) is 11.4. The first kappa shape index (κ1) is 37.4. The van der Waals surface area contributed by atoms with E-state index in [1.165, 1.54) is 4.90 Å². The second kappa shape index (κ2) is 16.2. The van der Waals surface area contributed by atoms with Crippen molar-refractivity contribution in [2.45, 2.75) is 144 Å². The first-order valence-electron chi connectivity index (χ1n) is 19.7. The third-order valence-electron chi connectivity index (χ3n) is 11.8. The van der Waals surface area contributed by atoms with Gasteiger partial charge in [-0.15, -0.1) is 0 Å². The molecule has 0 spiro atoms. The number of rotatable bonds is 9. The molecular formula is C39H53N5O8S. The lowest BCUT2D eigenvalue weighted by Gasteiger charge is -2.30. The molecular weight excluding hydrogens is 699 g/mol. The lowest BCUT2D eigenvalue weighted by molar-refractivity contribution is -0.141. The predicted molar refractivity (Wildman–Crippen MR) is 197 cm³/mol. The molecule has 0 radical (unpaired) electrons. The minimum atomic E-state index is -3.87. The number of alkyl carbamates (subject to hydrolysis) is 1. The largest absolute Gasteiger partial charge is 0.446 e. The SMILES string of the molecule is O=C(N[C@H]1CCCCC/C=C\[C@@H]2C[C@]2(C(=O)NS(=O)(=O)C2CC2)NC(=O)[C@@H]2C[C@@H](O/N=C(/c3ccccc3)C3CCCC3)CN2C1=O)OC1CCCC1. The van der Waals surface area contributed by atoms with Crippen molar-refractivity contribution < 1.29 is 37.2 Å². The van der Waals surface area contributed by atoms with E-state index in [-0.39, 0.29) is 31.4 Å². The monoisotopic (exact) mass is 751 g/mol. The number of hydrogen-bond acceptors (Lipinski definition) is 9. The lowest BCUT2D eigenvalue weighted by atomic mass is 9.95. The standard InChI is InChI=1S/C39H53N5O8S/c45-35-33-23-30(52-42-34(27-15-9-10-16-27)26-13-5-4-6-14-26)25-44(33)36(46)32(40-38(48)51-29-18-11-12-19-29)20-8-3-1-2-7-17-28-24-39(28,41-35)37(47)43-53(49,50)31-21-22-31/h4-7,13-14,17,27-33H,1-3,8-12,15-16,18-25H2,(H,40,48)(H,41,45)(H,43,47)/b17-7-,42-34-/t28-,30-,32+,33+,39+/m1/s1. The van der Waals surface area contributed by atoms with Gasteiger partial charge in [-0.3, -0.25) is 19.1 Å². The maximum Gasteiger partial charge on any atom is 0.408 e. The van der Waals surface area contributed by atoms with Crippen molar-refractivity contribution in [1.82, 2.24) is 20.3 Å². The lowest BCUT2D eigenvalue weighted by Crippen LogP contribution is -2.58. The van der Waals surface area contributed by atoms with E-state index in [0.29, 0.717) is 25.7 Å². The van der Waals surface area contributed by atoms with Gasteiger partial charge in [0.2, 0.25) is 21.8 Å². The number of benzene rings is 1. The van der Waals surface area contributed by atoms with Crippen LogP contribution in [0.1, 0.15) is 115 Å². The number of amides is 4. The molecule has 4 aliphatic carbocycles. The average Bonchev–Trinajstić information content (AvgIpc) is 3.88. The quantitative estimate of drug-likeness (QED) is 0.187. The number of fused-ring (bicyclic) bond motifs is 2. The van der Waals surface area contributed by atoms with Crippen molar-refractivity contribution in [3.63, 3.8) is 0 Å². The molecule has 2 heterocycles. The number of carbonyl (C=O) groups excluding carboxylic acids is 4. The molecule has 5 fully saturated rings. The van der Waals surface area contributed by atoms with Crippen molar-refractivity contribution in [2.75, 3.05) is 6.54 Å². The van der Waals surface area contributed by atoms with E-state index in [1.807, 2.05) is 42.5 Å². The number of ether oxygens (including phenoxy) is 1. The summed E-state index contributed by atoms with van der Waals surface area (Å²) in [6, 6.07) is 7.90. The number of allylic oxidation sites excluding steroid dienone is 1. The second-order valence-electron chi connectivity index (χ2n) is 15.8. The van der Waals surface area contributed by atoms with Crippen molar-refractivity contribution in [3.05, 3.63) is 48.0 Å². The average molecular weight is 752 g/mol. The van der Waals surface area contributed by atoms with Crippen molar-refractivity contribution >= 4 is 39.5 Å². The fraction of sp³-hybridized carbons (Fsp3) is 0.667. The summed E-state index contributed by atoms with van der Waals surface area (Å²) in [6.45, 7) is 0.0433. The number of nitrogens with zero attached hydrogens (tertiary/aromatic N) is 2. The van der Waals surface area contributed by atoms with E-state index in [9.17, 15) is 27.6 Å². The molecule has 1 aromatic rings. The molecule has 1 saturated heterocycles. The molecule has 0 aromatic heterocycles. The molecule has 6 aliphatic rings. The maximum atomic E-state index is 14.5. The van der Waals surface area contributed by atoms with Gasteiger partial charge >= 0.3 is 6.09 Å². The first-order chi connectivity index (χ1) is 25.6. The Bertz CT molecular complexity index is 1690. The molecule has 4 saturated carbocycles. The van der Waals surface area contributed by atoms with E-state index in [2.05, 4.69) is 20.5 Å². The van der Waals surface area contributed by atoms with E-state index in [4.69, 9.17) is 9.57 Å². The van der Waals surface area contributed by atoms with Gasteiger partial charge in [-0.2, -0.15) is 0 Å². The number of sulfonamides is 1. The van der Waals surface area contributed by atoms with Gasteiger partial charge in [0.25, 0.3) is 5.91 Å². The van der Waals surface area contributed by atoms with Crippen LogP contribution in [-0.4, -0.2) is 84.5 Å². The maximum absolute atomic E-state index is 14.5. The van der Waals surface area contributed by atoms with Crippen LogP contribution in [0.4, 0.5) is 4.79 Å². The normalized spacial score (nSPS) is 31.0. The van der Waals surface area contributed by atoms with Gasteiger partial charge in [-0.25, -0.2) is 13.2 Å². The summed E-state index contributed by atoms with van der Waals surface area (Å²) in [7, 11) is -3.87. The molecule has 3 N–H and O–H groups in total. The molecule has 5 atom stereocenters. The molecule has 14 heteroatoms. The van der Waals surface area contributed by atoms with E-state index >= 15 is 0 Å². The zero-order valence-electron chi connectivity index (χ0n) is 30.4. The number of hydrogen-bond donors (Lipinski definition) is 3. The molecule has 7 rings (SSSR count). The van der Waals surface area contributed by atoms with Gasteiger partial charge in [-0.05, 0) is 82.6 Å². The summed E-state index contributed by atoms with van der Waals surface area (Å²) < 4.78 is 33.6. The van der Waals surface area contributed by atoms with Crippen molar-refractivity contribution in [3.8, 4) is 0 Å². The highest BCUT2D eigenvalue weighted by Gasteiger charge is 2.62. The van der Waals surface area contributed by atoms with Crippen LogP contribution in [0, 0.1) is 11.8 Å². The fourth-order valence-electron chi connectivity index (χ4n) is 8.47. The molecule has 288 valence electrons. The zero-order chi connectivity index (χ0) is 37.0. The van der Waals surface area contributed by atoms with Crippen molar-refractivity contribution in [1.29, 1.82) is 0 Å². The molecule has 13 nitrogen and oxygen atoms in total. The van der Waals surface area contributed by atoms with Crippen LogP contribution in [0.25, 0.3) is 0 Å². The van der Waals surface area contributed by atoms with Crippen LogP contribution >= 0.6 is 0 Å². The van der Waals surface area contributed by atoms with Gasteiger partial charge in [0, 0.05) is 18.3 Å². The van der Waals surface area contributed by atoms with E-state index < -0.39 is 68.7 Å². The first-order valence-corrected chi connectivity index (χ1v) is 21.3. The van der Waals surface area contributed by atoms with Crippen LogP contribution < -0.4 is 15.4 Å². The topological polar surface area (TPSA) is 173 Å². The van der Waals surface area contributed by atoms with Crippen LogP contribution in [0.15, 0.2) is 47.6 Å². The highest BCUT2D eigenvalue weighted by molar-refractivity contribution is 7.91. The fourth-order valence-corrected chi connectivity index (χ4v) is 9.84. The molecule has 53 heavy (non-hydrogen) atoms. The second-order valence-corrected chi connectivity index (χ2v) is 17.8. The van der Waals surface area contributed by atoms with Crippen LogP contribution in [0.2, 0.25) is 0 Å². The van der Waals surface area contributed by atoms with Gasteiger partial charge in [0.15, 0.2) is 0 Å². The van der Waals surface area contributed by atoms with Crippen LogP contribution in [0.5, 0.6) is 0 Å². The molecule has 0 bridgehead atoms. The number of carbonyl (C=O) groups is 4. The van der Waals surface area contributed by atoms with Crippen LogP contribution in [-0.2, 0) is 34.0 Å². The van der Waals surface area contributed by atoms with E-state index in [1.54, 1.807) is 0 Å². The summed E-state index contributed by atoms with van der Waals surface area (Å²) in [5.41, 5.74) is 0.346. The van der Waals surface area contributed by atoms with Crippen LogP contribution in [0.3, 0.4) is 0 Å². The summed E-state index contributed by atoms with van der Waals surface area (Å²) in [6.07, 6.45) is 14.8. The summed E-state index contributed by atoms with van der Waals surface area (Å²) in [5, 5.41) is 9.81. The minimum Gasteiger partial charge on any atom is -0.446 e. The van der Waals surface area contributed by atoms with Gasteiger partial charge in [0.05, 0.1) is 17.5 Å². The third kappa shape index (κ3) is 8.90. The predicted octanol–water partition coefficient (Wildman–Crippen LogP) is 4.61. The summed E-state index contributed by atoms with van der Waals surface area (Å²) in [5.74, 6) is -1.93.